The van der Waals surface area contributed by atoms with E-state index >= 15 is 0 Å². The number of benzene rings is 1. The minimum atomic E-state index is -2.50. The zero-order valence-corrected chi connectivity index (χ0v) is 16.1. The van der Waals surface area contributed by atoms with Crippen molar-refractivity contribution < 1.29 is 18.4 Å². The number of hydrogen-bond donors (Lipinski definition) is 2. The Labute approximate surface area is 167 Å². The van der Waals surface area contributed by atoms with Crippen molar-refractivity contribution in [3.63, 3.8) is 0 Å². The van der Waals surface area contributed by atoms with Gasteiger partial charge in [0.25, 0.3) is 11.7 Å². The number of alkyl halides is 2. The summed E-state index contributed by atoms with van der Waals surface area (Å²) in [4.78, 5) is 30.6. The number of nitrogens with two attached hydrogens (primary N) is 1. The summed E-state index contributed by atoms with van der Waals surface area (Å²) >= 11 is 1.61. The number of amides is 1. The van der Waals surface area contributed by atoms with Crippen LogP contribution in [0.15, 0.2) is 35.2 Å². The highest BCUT2D eigenvalue weighted by Crippen LogP contribution is 2.36. The maximum atomic E-state index is 12.7. The Morgan fingerprint density at radius 2 is 2.00 bits per heavy atom. The zero-order chi connectivity index (χ0) is 19.8. The predicted octanol–water partition coefficient (Wildman–Crippen LogP) is 4.96. The largest absolute Gasteiger partial charge is 0.397 e. The number of halogens is 2. The topological polar surface area (TPSA) is 85.1 Å². The number of anilines is 2. The molecule has 2 heterocycles. The molecular formula is C19H15F2N3O2S2. The number of pyridine rings is 1. The third kappa shape index (κ3) is 3.59. The lowest BCUT2D eigenvalue weighted by Gasteiger charge is -2.13. The molecule has 0 radical (unpaired) electrons. The van der Waals surface area contributed by atoms with Gasteiger partial charge in [-0.05, 0) is 43.2 Å². The number of Topliss-reactive ketones (excluding diaryl/α,β-unsaturated/α-hetero) is 1. The molecule has 0 spiro atoms. The molecular weight excluding hydrogens is 404 g/mol. The zero-order valence-electron chi connectivity index (χ0n) is 14.5. The van der Waals surface area contributed by atoms with Gasteiger partial charge in [0.15, 0.2) is 5.78 Å². The molecule has 3 aromatic rings. The van der Waals surface area contributed by atoms with Crippen LogP contribution in [0.5, 0.6) is 0 Å². The van der Waals surface area contributed by atoms with E-state index in [1.807, 2.05) is 0 Å². The second-order valence-electron chi connectivity index (χ2n) is 6.31. The highest BCUT2D eigenvalue weighted by Gasteiger charge is 2.23. The SMILES string of the molecule is Nc1c(C(=O)Nc2ccc(SC(F)F)cc2)sc2nc3c(cc12)C(=O)CCC3. The van der Waals surface area contributed by atoms with E-state index < -0.39 is 11.7 Å². The van der Waals surface area contributed by atoms with Crippen LogP contribution in [0.3, 0.4) is 0 Å². The summed E-state index contributed by atoms with van der Waals surface area (Å²) in [6.45, 7) is 0. The second-order valence-corrected chi connectivity index (χ2v) is 8.38. The van der Waals surface area contributed by atoms with Gasteiger partial charge in [0, 0.05) is 28.0 Å². The van der Waals surface area contributed by atoms with Crippen molar-refractivity contribution in [3.8, 4) is 0 Å². The van der Waals surface area contributed by atoms with E-state index in [0.29, 0.717) is 49.4 Å². The average Bonchev–Trinajstić information content (AvgIpc) is 2.98. The number of carbonyl (C=O) groups excluding carboxylic acids is 2. The standard InChI is InChI=1S/C19H15F2N3O2S2/c20-19(21)27-10-6-4-9(5-7-10)23-17(26)16-15(22)12-8-11-13(24-18(12)28-16)2-1-3-14(11)25/h4-8,19H,1-3,22H2,(H,23,26). The molecule has 2 aromatic heterocycles. The first-order chi connectivity index (χ1) is 13.4. The van der Waals surface area contributed by atoms with Crippen LogP contribution in [0.1, 0.15) is 38.6 Å². The van der Waals surface area contributed by atoms with Crippen molar-refractivity contribution in [2.24, 2.45) is 0 Å². The number of thioether (sulfide) groups is 1. The van der Waals surface area contributed by atoms with Gasteiger partial charge in [-0.25, -0.2) is 4.98 Å². The molecule has 0 fully saturated rings. The minimum Gasteiger partial charge on any atom is -0.397 e. The van der Waals surface area contributed by atoms with Crippen LogP contribution in [0.25, 0.3) is 10.2 Å². The average molecular weight is 419 g/mol. The molecule has 0 saturated carbocycles. The number of nitrogens with zero attached hydrogens (tertiary/aromatic N) is 1. The van der Waals surface area contributed by atoms with Gasteiger partial charge in [-0.1, -0.05) is 11.8 Å². The third-order valence-electron chi connectivity index (χ3n) is 4.46. The van der Waals surface area contributed by atoms with Gasteiger partial charge < -0.3 is 11.1 Å². The quantitative estimate of drug-likeness (QED) is 0.584. The van der Waals surface area contributed by atoms with Crippen LogP contribution in [0, 0.1) is 0 Å². The lowest BCUT2D eigenvalue weighted by atomic mass is 9.94. The van der Waals surface area contributed by atoms with Gasteiger partial charge in [0.1, 0.15) is 9.71 Å². The lowest BCUT2D eigenvalue weighted by molar-refractivity contribution is 0.0970. The summed E-state index contributed by atoms with van der Waals surface area (Å²) in [5, 5.41) is 3.32. The van der Waals surface area contributed by atoms with Crippen LogP contribution < -0.4 is 11.1 Å². The third-order valence-corrected chi connectivity index (χ3v) is 6.30. The molecule has 144 valence electrons. The van der Waals surface area contributed by atoms with Crippen molar-refractivity contribution in [2.75, 3.05) is 11.1 Å². The summed E-state index contributed by atoms with van der Waals surface area (Å²) in [5.74, 6) is -2.85. The highest BCUT2D eigenvalue weighted by molar-refractivity contribution is 7.99. The normalized spacial score (nSPS) is 13.8. The van der Waals surface area contributed by atoms with Crippen molar-refractivity contribution in [3.05, 3.63) is 46.5 Å². The van der Waals surface area contributed by atoms with Crippen LogP contribution in [0.4, 0.5) is 20.2 Å². The van der Waals surface area contributed by atoms with Crippen molar-refractivity contribution in [2.45, 2.75) is 29.9 Å². The Morgan fingerprint density at radius 3 is 2.71 bits per heavy atom. The first kappa shape index (κ1) is 18.8. The van der Waals surface area contributed by atoms with Gasteiger partial charge >= 0.3 is 0 Å². The van der Waals surface area contributed by atoms with Gasteiger partial charge in [-0.3, -0.25) is 9.59 Å². The van der Waals surface area contributed by atoms with Crippen LogP contribution in [-0.4, -0.2) is 22.4 Å². The molecule has 1 aliphatic rings. The highest BCUT2D eigenvalue weighted by atomic mass is 32.2. The van der Waals surface area contributed by atoms with E-state index in [9.17, 15) is 18.4 Å². The van der Waals surface area contributed by atoms with E-state index in [4.69, 9.17) is 5.73 Å². The number of nitrogens with one attached hydrogen (secondary N) is 1. The molecule has 4 rings (SSSR count). The van der Waals surface area contributed by atoms with Gasteiger partial charge in [-0.15, -0.1) is 11.3 Å². The summed E-state index contributed by atoms with van der Waals surface area (Å²) < 4.78 is 24.8. The van der Waals surface area contributed by atoms with E-state index in [-0.39, 0.29) is 11.5 Å². The maximum absolute atomic E-state index is 12.7. The summed E-state index contributed by atoms with van der Waals surface area (Å²) in [6, 6.07) is 7.88. The van der Waals surface area contributed by atoms with E-state index in [1.54, 1.807) is 18.2 Å². The van der Waals surface area contributed by atoms with E-state index in [1.165, 1.54) is 23.5 Å². The Hall–Kier alpha value is -2.52. The van der Waals surface area contributed by atoms with E-state index in [2.05, 4.69) is 10.3 Å². The fourth-order valence-corrected chi connectivity index (χ4v) is 4.63. The molecule has 28 heavy (non-hydrogen) atoms. The number of aromatic nitrogens is 1. The molecule has 1 aromatic carbocycles. The molecule has 0 saturated heterocycles. The monoisotopic (exact) mass is 419 g/mol. The molecule has 9 heteroatoms. The first-order valence-electron chi connectivity index (χ1n) is 8.53. The Morgan fingerprint density at radius 1 is 1.25 bits per heavy atom. The van der Waals surface area contributed by atoms with Crippen molar-refractivity contribution in [1.29, 1.82) is 0 Å². The molecule has 1 aliphatic carbocycles. The Bertz CT molecular complexity index is 1080. The first-order valence-corrected chi connectivity index (χ1v) is 10.2. The summed E-state index contributed by atoms with van der Waals surface area (Å²) in [6.07, 6.45) is 2.01. The van der Waals surface area contributed by atoms with Crippen molar-refractivity contribution >= 4 is 56.4 Å². The molecule has 0 unspecified atom stereocenters. The minimum absolute atomic E-state index is 0.0500. The van der Waals surface area contributed by atoms with Crippen molar-refractivity contribution in [1.82, 2.24) is 4.98 Å². The number of fused-ring (bicyclic) bond motifs is 2. The molecule has 0 atom stereocenters. The number of hydrogen-bond acceptors (Lipinski definition) is 6. The number of thiophene rings is 1. The number of ketones is 1. The number of nitrogen functional groups attached to an aromatic ring is 1. The summed E-state index contributed by atoms with van der Waals surface area (Å²) in [7, 11) is 0. The number of rotatable bonds is 4. The second kappa shape index (κ2) is 7.48. The number of carbonyl (C=O) groups is 2. The van der Waals surface area contributed by atoms with Gasteiger partial charge in [-0.2, -0.15) is 8.78 Å². The molecule has 5 nitrogen and oxygen atoms in total. The molecule has 1 amide bonds. The Kier molecular flexibility index (Phi) is 5.03. The lowest BCUT2D eigenvalue weighted by Crippen LogP contribution is -2.12. The fourth-order valence-electron chi connectivity index (χ4n) is 3.14. The maximum Gasteiger partial charge on any atom is 0.288 e. The molecule has 0 bridgehead atoms. The van der Waals surface area contributed by atoms with Gasteiger partial charge in [0.05, 0.1) is 11.4 Å². The smallest absolute Gasteiger partial charge is 0.288 e. The molecule has 0 aliphatic heterocycles. The van der Waals surface area contributed by atoms with Crippen LogP contribution >= 0.6 is 23.1 Å². The number of aryl methyl sites for hydroxylation is 1. The van der Waals surface area contributed by atoms with E-state index in [0.717, 1.165) is 18.5 Å². The van der Waals surface area contributed by atoms with Gasteiger partial charge in [0.2, 0.25) is 0 Å². The van der Waals surface area contributed by atoms with Crippen LogP contribution in [0.2, 0.25) is 0 Å². The Balaban J connectivity index is 1.60. The fraction of sp³-hybridized carbons (Fsp3) is 0.211. The molecule has 3 N–H and O–H groups in total. The summed E-state index contributed by atoms with van der Waals surface area (Å²) in [5.41, 5.74) is 8.26. The van der Waals surface area contributed by atoms with Crippen LogP contribution in [-0.2, 0) is 6.42 Å². The predicted molar refractivity (Wildman–Crippen MR) is 108 cm³/mol.